The van der Waals surface area contributed by atoms with Crippen molar-refractivity contribution in [2.75, 3.05) is 27.5 Å². The van der Waals surface area contributed by atoms with Gasteiger partial charge in [0.15, 0.2) is 0 Å². The molecule has 35 heavy (non-hydrogen) atoms. The van der Waals surface area contributed by atoms with E-state index >= 15 is 0 Å². The third-order valence-corrected chi connectivity index (χ3v) is 6.16. The van der Waals surface area contributed by atoms with E-state index in [1.54, 1.807) is 45.4 Å². The van der Waals surface area contributed by atoms with Crippen LogP contribution in [0.25, 0.3) is 11.0 Å². The maximum absolute atomic E-state index is 13.4. The summed E-state index contributed by atoms with van der Waals surface area (Å²) in [7, 11) is 3.25. The largest absolute Gasteiger partial charge is 0.497 e. The predicted molar refractivity (Wildman–Crippen MR) is 133 cm³/mol. The van der Waals surface area contributed by atoms with Gasteiger partial charge in [-0.25, -0.2) is 0 Å². The predicted octanol–water partition coefficient (Wildman–Crippen LogP) is 5.31. The summed E-state index contributed by atoms with van der Waals surface area (Å²) in [6, 6.07) is 18.8. The van der Waals surface area contributed by atoms with Crippen LogP contribution in [0.2, 0.25) is 0 Å². The summed E-state index contributed by atoms with van der Waals surface area (Å²) in [4.78, 5) is 15.6. The minimum absolute atomic E-state index is 0.166. The molecule has 3 aromatic carbocycles. The summed E-state index contributed by atoms with van der Waals surface area (Å²) < 4.78 is 28.6. The van der Waals surface area contributed by atoms with Crippen molar-refractivity contribution in [3.63, 3.8) is 0 Å². The minimum atomic E-state index is -0.218. The first-order valence-corrected chi connectivity index (χ1v) is 11.4. The molecule has 0 saturated heterocycles. The molecular weight excluding hydrogens is 446 g/mol. The highest BCUT2D eigenvalue weighted by Crippen LogP contribution is 2.34. The zero-order valence-electron chi connectivity index (χ0n) is 20.0. The van der Waals surface area contributed by atoms with Crippen LogP contribution in [0.4, 0.5) is 0 Å². The third kappa shape index (κ3) is 4.68. The molecule has 1 aliphatic rings. The van der Waals surface area contributed by atoms with Crippen LogP contribution in [0.5, 0.6) is 28.7 Å². The van der Waals surface area contributed by atoms with E-state index in [2.05, 4.69) is 17.0 Å². The maximum Gasteiger partial charge on any atom is 0.235 e. The van der Waals surface area contributed by atoms with Crippen molar-refractivity contribution >= 4 is 11.0 Å². The molecule has 5 rings (SSSR count). The Kier molecular flexibility index (Phi) is 6.33. The van der Waals surface area contributed by atoms with E-state index in [0.717, 1.165) is 30.0 Å². The Balaban J connectivity index is 1.40. The first-order valence-electron chi connectivity index (χ1n) is 11.4. The molecule has 0 atom stereocenters. The van der Waals surface area contributed by atoms with Crippen LogP contribution in [0.3, 0.4) is 0 Å². The van der Waals surface area contributed by atoms with E-state index in [4.69, 9.17) is 23.4 Å². The SMILES string of the molecule is COc1ccc(CCN2COc3ccc4c(=O)c(Oc5cccc(OC)c5)c(C)oc4c3C2)cc1. The zero-order valence-corrected chi connectivity index (χ0v) is 20.0. The van der Waals surface area contributed by atoms with Gasteiger partial charge in [-0.1, -0.05) is 18.2 Å². The molecule has 0 spiro atoms. The van der Waals surface area contributed by atoms with E-state index in [9.17, 15) is 4.79 Å². The Labute approximate surface area is 203 Å². The fourth-order valence-corrected chi connectivity index (χ4v) is 4.23. The molecule has 0 unspecified atom stereocenters. The number of hydrogen-bond donors (Lipinski definition) is 0. The minimum Gasteiger partial charge on any atom is -0.497 e. The van der Waals surface area contributed by atoms with Crippen molar-refractivity contribution in [2.45, 2.75) is 19.9 Å². The van der Waals surface area contributed by atoms with E-state index in [-0.39, 0.29) is 11.2 Å². The molecule has 0 N–H and O–H groups in total. The number of ether oxygens (including phenoxy) is 4. The molecule has 4 aromatic rings. The highest BCUT2D eigenvalue weighted by atomic mass is 16.5. The average molecular weight is 474 g/mol. The van der Waals surface area contributed by atoms with Gasteiger partial charge in [-0.2, -0.15) is 0 Å². The summed E-state index contributed by atoms with van der Waals surface area (Å²) in [6.07, 6.45) is 0.870. The van der Waals surface area contributed by atoms with Crippen molar-refractivity contribution < 1.29 is 23.4 Å². The molecule has 0 fully saturated rings. The molecule has 0 bridgehead atoms. The van der Waals surface area contributed by atoms with Gasteiger partial charge >= 0.3 is 0 Å². The molecule has 7 heteroatoms. The Morgan fingerprint density at radius 1 is 0.943 bits per heavy atom. The van der Waals surface area contributed by atoms with Crippen LogP contribution >= 0.6 is 0 Å². The molecule has 0 aliphatic carbocycles. The number of fused-ring (bicyclic) bond motifs is 3. The second-order valence-electron chi connectivity index (χ2n) is 8.44. The highest BCUT2D eigenvalue weighted by molar-refractivity contribution is 5.83. The monoisotopic (exact) mass is 473 g/mol. The molecule has 0 radical (unpaired) electrons. The zero-order chi connectivity index (χ0) is 24.4. The van der Waals surface area contributed by atoms with Gasteiger partial charge in [-0.15, -0.1) is 0 Å². The normalized spacial score (nSPS) is 13.2. The Morgan fingerprint density at radius 2 is 1.71 bits per heavy atom. The van der Waals surface area contributed by atoms with Crippen LogP contribution in [0.1, 0.15) is 16.9 Å². The van der Waals surface area contributed by atoms with Crippen molar-refractivity contribution in [2.24, 2.45) is 0 Å². The molecule has 0 amide bonds. The number of methoxy groups -OCH3 is 2. The number of aryl methyl sites for hydroxylation is 1. The fraction of sp³-hybridized carbons (Fsp3) is 0.250. The van der Waals surface area contributed by atoms with E-state index in [1.807, 2.05) is 24.3 Å². The number of hydrogen-bond acceptors (Lipinski definition) is 7. The highest BCUT2D eigenvalue weighted by Gasteiger charge is 2.24. The number of nitrogens with zero attached hydrogens (tertiary/aromatic N) is 1. The van der Waals surface area contributed by atoms with Crippen LogP contribution in [-0.4, -0.2) is 32.4 Å². The maximum atomic E-state index is 13.4. The van der Waals surface area contributed by atoms with Crippen LogP contribution in [-0.2, 0) is 13.0 Å². The topological polar surface area (TPSA) is 70.4 Å². The van der Waals surface area contributed by atoms with Crippen molar-refractivity contribution in [3.05, 3.63) is 87.8 Å². The summed E-state index contributed by atoms with van der Waals surface area (Å²) in [5.74, 6) is 3.31. The number of benzene rings is 3. The Hall–Kier alpha value is -3.97. The summed E-state index contributed by atoms with van der Waals surface area (Å²) >= 11 is 0. The Bertz CT molecular complexity index is 1410. The van der Waals surface area contributed by atoms with Crippen LogP contribution < -0.4 is 24.4 Å². The molecule has 1 aromatic heterocycles. The molecule has 0 saturated carbocycles. The second kappa shape index (κ2) is 9.72. The smallest absolute Gasteiger partial charge is 0.235 e. The van der Waals surface area contributed by atoms with E-state index in [0.29, 0.717) is 41.5 Å². The van der Waals surface area contributed by atoms with Crippen LogP contribution in [0.15, 0.2) is 69.9 Å². The third-order valence-electron chi connectivity index (χ3n) is 6.16. The van der Waals surface area contributed by atoms with Crippen molar-refractivity contribution in [1.29, 1.82) is 0 Å². The molecule has 7 nitrogen and oxygen atoms in total. The molecule has 2 heterocycles. The quantitative estimate of drug-likeness (QED) is 0.360. The fourth-order valence-electron chi connectivity index (χ4n) is 4.23. The first-order chi connectivity index (χ1) is 17.1. The van der Waals surface area contributed by atoms with Gasteiger partial charge in [-0.3, -0.25) is 9.69 Å². The van der Waals surface area contributed by atoms with Crippen molar-refractivity contribution in [1.82, 2.24) is 4.90 Å². The summed E-state index contributed by atoms with van der Waals surface area (Å²) in [5.41, 5.74) is 2.41. The molecular formula is C28H27NO6. The summed E-state index contributed by atoms with van der Waals surface area (Å²) in [5, 5.41) is 0.466. The van der Waals surface area contributed by atoms with Crippen LogP contribution in [0, 0.1) is 6.92 Å². The lowest BCUT2D eigenvalue weighted by Gasteiger charge is -2.29. The van der Waals surface area contributed by atoms with Gasteiger partial charge < -0.3 is 23.4 Å². The summed E-state index contributed by atoms with van der Waals surface area (Å²) in [6.45, 7) is 3.65. The molecule has 1 aliphatic heterocycles. The first kappa shape index (κ1) is 22.8. The van der Waals surface area contributed by atoms with Gasteiger partial charge in [0.1, 0.15) is 41.1 Å². The van der Waals surface area contributed by atoms with Crippen molar-refractivity contribution in [3.8, 4) is 28.7 Å². The lowest BCUT2D eigenvalue weighted by Crippen LogP contribution is -2.33. The van der Waals surface area contributed by atoms with Gasteiger partial charge in [-0.05, 0) is 55.3 Å². The average Bonchev–Trinajstić information content (AvgIpc) is 2.90. The lowest BCUT2D eigenvalue weighted by molar-refractivity contribution is 0.0967. The second-order valence-corrected chi connectivity index (χ2v) is 8.44. The number of rotatable bonds is 7. The lowest BCUT2D eigenvalue weighted by atomic mass is 10.1. The Morgan fingerprint density at radius 3 is 2.49 bits per heavy atom. The van der Waals surface area contributed by atoms with Gasteiger partial charge in [0.2, 0.25) is 11.2 Å². The van der Waals surface area contributed by atoms with Gasteiger partial charge in [0, 0.05) is 19.2 Å². The van der Waals surface area contributed by atoms with E-state index in [1.165, 1.54) is 5.56 Å². The molecule has 180 valence electrons. The van der Waals surface area contributed by atoms with Gasteiger partial charge in [0.05, 0.1) is 25.2 Å². The van der Waals surface area contributed by atoms with Gasteiger partial charge in [0.25, 0.3) is 0 Å². The standard InChI is InChI=1S/C28H27NO6/c1-18-27(35-22-6-4-5-21(15-22)32-3)26(30)23-11-12-25-24(28(23)34-18)16-29(17-33-25)14-13-19-7-9-20(31-2)10-8-19/h4-12,15H,13-14,16-17H2,1-3H3. The van der Waals surface area contributed by atoms with E-state index < -0.39 is 0 Å².